The van der Waals surface area contributed by atoms with Crippen molar-refractivity contribution in [1.29, 1.82) is 0 Å². The van der Waals surface area contributed by atoms with Gasteiger partial charge in [-0.05, 0) is 24.6 Å². The maximum Gasteiger partial charge on any atom is 0.233 e. The number of nitrogens with two attached hydrogens (primary N) is 1. The fourth-order valence-corrected chi connectivity index (χ4v) is 2.58. The van der Waals surface area contributed by atoms with Crippen LogP contribution in [-0.4, -0.2) is 29.6 Å². The zero-order valence-corrected chi connectivity index (χ0v) is 12.1. The monoisotopic (exact) mass is 276 g/mol. The van der Waals surface area contributed by atoms with Crippen molar-refractivity contribution in [3.63, 3.8) is 0 Å². The van der Waals surface area contributed by atoms with Crippen LogP contribution in [0, 0.1) is 6.92 Å². The van der Waals surface area contributed by atoms with E-state index in [9.17, 15) is 4.79 Å². The van der Waals surface area contributed by atoms with E-state index in [1.807, 2.05) is 25.1 Å². The number of anilines is 1. The number of carbonyl (C=O) groups is 1. The number of rotatable bonds is 7. The lowest BCUT2D eigenvalue weighted by molar-refractivity contribution is -0.127. The predicted octanol–water partition coefficient (Wildman–Crippen LogP) is 2.87. The molecule has 0 saturated heterocycles. The molecule has 1 aromatic carbocycles. The molecule has 19 heavy (non-hydrogen) atoms. The second-order valence-corrected chi connectivity index (χ2v) is 5.15. The largest absolute Gasteiger partial charge is 0.398 e. The molecular formula is C15H20N2OS. The molecule has 0 saturated carbocycles. The molecule has 1 rings (SSSR count). The van der Waals surface area contributed by atoms with Gasteiger partial charge in [-0.3, -0.25) is 4.79 Å². The zero-order valence-electron chi connectivity index (χ0n) is 11.3. The van der Waals surface area contributed by atoms with Gasteiger partial charge < -0.3 is 10.6 Å². The Morgan fingerprint density at radius 3 is 2.58 bits per heavy atom. The highest BCUT2D eigenvalue weighted by Crippen LogP contribution is 2.26. The van der Waals surface area contributed by atoms with Crippen LogP contribution in [0.25, 0.3) is 0 Å². The van der Waals surface area contributed by atoms with Gasteiger partial charge in [0.1, 0.15) is 0 Å². The third-order valence-electron chi connectivity index (χ3n) is 2.73. The summed E-state index contributed by atoms with van der Waals surface area (Å²) in [7, 11) is 0. The molecule has 0 aliphatic heterocycles. The lowest BCUT2D eigenvalue weighted by atomic mass is 10.2. The minimum atomic E-state index is 0.0756. The Balaban J connectivity index is 2.64. The van der Waals surface area contributed by atoms with Gasteiger partial charge in [0.15, 0.2) is 0 Å². The Morgan fingerprint density at radius 2 is 2.00 bits per heavy atom. The Kier molecular flexibility index (Phi) is 6.22. The fraction of sp³-hybridized carbons (Fsp3) is 0.267. The second-order valence-electron chi connectivity index (χ2n) is 4.14. The van der Waals surface area contributed by atoms with E-state index in [4.69, 9.17) is 5.73 Å². The molecule has 1 amide bonds. The number of nitrogens with zero attached hydrogens (tertiary/aromatic N) is 1. The van der Waals surface area contributed by atoms with Gasteiger partial charge in [-0.2, -0.15) is 0 Å². The van der Waals surface area contributed by atoms with E-state index in [1.54, 1.807) is 17.1 Å². The van der Waals surface area contributed by atoms with Crippen LogP contribution >= 0.6 is 11.8 Å². The molecule has 2 N–H and O–H groups in total. The minimum absolute atomic E-state index is 0.0756. The van der Waals surface area contributed by atoms with Crippen LogP contribution in [0.2, 0.25) is 0 Å². The van der Waals surface area contributed by atoms with E-state index in [0.717, 1.165) is 16.1 Å². The first kappa shape index (κ1) is 15.4. The SMILES string of the molecule is C=CCN(CC=C)C(=O)CSc1cccc(N)c1C. The van der Waals surface area contributed by atoms with Gasteiger partial charge in [-0.15, -0.1) is 24.9 Å². The first-order valence-electron chi connectivity index (χ1n) is 6.07. The first-order valence-corrected chi connectivity index (χ1v) is 7.06. The lowest BCUT2D eigenvalue weighted by Gasteiger charge is -2.19. The maximum absolute atomic E-state index is 12.1. The highest BCUT2D eigenvalue weighted by molar-refractivity contribution is 8.00. The smallest absolute Gasteiger partial charge is 0.233 e. The molecular weight excluding hydrogens is 256 g/mol. The van der Waals surface area contributed by atoms with Crippen molar-refractivity contribution in [3.8, 4) is 0 Å². The van der Waals surface area contributed by atoms with Gasteiger partial charge >= 0.3 is 0 Å². The summed E-state index contributed by atoms with van der Waals surface area (Å²) in [6, 6.07) is 5.75. The van der Waals surface area contributed by atoms with Crippen molar-refractivity contribution >= 4 is 23.4 Å². The predicted molar refractivity (Wildman–Crippen MR) is 83.3 cm³/mol. The van der Waals surface area contributed by atoms with Crippen molar-refractivity contribution < 1.29 is 4.79 Å². The average Bonchev–Trinajstić information content (AvgIpc) is 2.40. The van der Waals surface area contributed by atoms with Crippen LogP contribution in [0.5, 0.6) is 0 Å². The summed E-state index contributed by atoms with van der Waals surface area (Å²) in [5.41, 5.74) is 7.63. The summed E-state index contributed by atoms with van der Waals surface area (Å²) >= 11 is 1.51. The summed E-state index contributed by atoms with van der Waals surface area (Å²) in [5.74, 6) is 0.470. The minimum Gasteiger partial charge on any atom is -0.398 e. The molecule has 102 valence electrons. The number of hydrogen-bond acceptors (Lipinski definition) is 3. The number of amides is 1. The van der Waals surface area contributed by atoms with Gasteiger partial charge in [-0.1, -0.05) is 18.2 Å². The standard InChI is InChI=1S/C15H20N2OS/c1-4-9-17(10-5-2)15(18)11-19-14-8-6-7-13(16)12(14)3/h4-8H,1-2,9-11,16H2,3H3. The van der Waals surface area contributed by atoms with Crippen LogP contribution in [0.1, 0.15) is 5.56 Å². The summed E-state index contributed by atoms with van der Waals surface area (Å²) in [4.78, 5) is 14.8. The third-order valence-corrected chi connectivity index (χ3v) is 3.87. The lowest BCUT2D eigenvalue weighted by Crippen LogP contribution is -2.32. The second kappa shape index (κ2) is 7.69. The number of hydrogen-bond donors (Lipinski definition) is 1. The van der Waals surface area contributed by atoms with Crippen LogP contribution in [0.15, 0.2) is 48.4 Å². The van der Waals surface area contributed by atoms with Gasteiger partial charge in [0, 0.05) is 23.7 Å². The van der Waals surface area contributed by atoms with Gasteiger partial charge in [0.25, 0.3) is 0 Å². The number of carbonyl (C=O) groups excluding carboxylic acids is 1. The molecule has 0 aliphatic rings. The van der Waals surface area contributed by atoms with Gasteiger partial charge in [-0.25, -0.2) is 0 Å². The normalized spacial score (nSPS) is 9.95. The highest BCUT2D eigenvalue weighted by atomic mass is 32.2. The first-order chi connectivity index (χ1) is 9.10. The molecule has 0 unspecified atom stereocenters. The third kappa shape index (κ3) is 4.48. The van der Waals surface area contributed by atoms with E-state index >= 15 is 0 Å². The van der Waals surface area contributed by atoms with E-state index in [-0.39, 0.29) is 5.91 Å². The van der Waals surface area contributed by atoms with E-state index in [0.29, 0.717) is 18.8 Å². The van der Waals surface area contributed by atoms with Crippen molar-refractivity contribution in [2.24, 2.45) is 0 Å². The van der Waals surface area contributed by atoms with E-state index < -0.39 is 0 Å². The quantitative estimate of drug-likeness (QED) is 0.473. The highest BCUT2D eigenvalue weighted by Gasteiger charge is 2.12. The molecule has 0 aliphatic carbocycles. The van der Waals surface area contributed by atoms with Gasteiger partial charge in [0.2, 0.25) is 5.91 Å². The van der Waals surface area contributed by atoms with Crippen molar-refractivity contribution in [3.05, 3.63) is 49.1 Å². The summed E-state index contributed by atoms with van der Waals surface area (Å²) in [6.07, 6.45) is 3.44. The molecule has 0 atom stereocenters. The molecule has 0 aromatic heterocycles. The Labute approximate surface area is 119 Å². The number of thioether (sulfide) groups is 1. The summed E-state index contributed by atoms with van der Waals surface area (Å²) < 4.78 is 0. The van der Waals surface area contributed by atoms with E-state index in [2.05, 4.69) is 13.2 Å². The van der Waals surface area contributed by atoms with Crippen molar-refractivity contribution in [2.75, 3.05) is 24.6 Å². The topological polar surface area (TPSA) is 46.3 Å². The molecule has 0 radical (unpaired) electrons. The van der Waals surface area contributed by atoms with Crippen molar-refractivity contribution in [1.82, 2.24) is 4.90 Å². The molecule has 3 nitrogen and oxygen atoms in total. The molecule has 1 aromatic rings. The molecule has 4 heteroatoms. The average molecular weight is 276 g/mol. The Hall–Kier alpha value is -1.68. The van der Waals surface area contributed by atoms with Gasteiger partial charge in [0.05, 0.1) is 5.75 Å². The molecule has 0 fully saturated rings. The van der Waals surface area contributed by atoms with Crippen molar-refractivity contribution in [2.45, 2.75) is 11.8 Å². The van der Waals surface area contributed by atoms with Crippen LogP contribution < -0.4 is 5.73 Å². The van der Waals surface area contributed by atoms with Crippen LogP contribution in [-0.2, 0) is 4.79 Å². The molecule has 0 heterocycles. The summed E-state index contributed by atoms with van der Waals surface area (Å²) in [6.45, 7) is 10.4. The molecule has 0 spiro atoms. The van der Waals surface area contributed by atoms with Crippen LogP contribution in [0.3, 0.4) is 0 Å². The number of nitrogen functional groups attached to an aromatic ring is 1. The zero-order chi connectivity index (χ0) is 14.3. The molecule has 0 bridgehead atoms. The Bertz CT molecular complexity index is 461. The maximum atomic E-state index is 12.1. The van der Waals surface area contributed by atoms with Crippen LogP contribution in [0.4, 0.5) is 5.69 Å². The summed E-state index contributed by atoms with van der Waals surface area (Å²) in [5, 5.41) is 0. The fourth-order valence-electron chi connectivity index (χ4n) is 1.61. The number of benzene rings is 1. The van der Waals surface area contributed by atoms with E-state index in [1.165, 1.54) is 11.8 Å². The Morgan fingerprint density at radius 1 is 1.37 bits per heavy atom.